The van der Waals surface area contributed by atoms with Crippen LogP contribution in [0.4, 0.5) is 5.69 Å². The van der Waals surface area contributed by atoms with E-state index in [9.17, 15) is 15.2 Å². The third kappa shape index (κ3) is 4.59. The molecule has 0 saturated heterocycles. The number of nitrogens with zero attached hydrogens (tertiary/aromatic N) is 1. The summed E-state index contributed by atoms with van der Waals surface area (Å²) in [4.78, 5) is 10.2. The fraction of sp³-hybridized carbons (Fsp3) is 0.0769. The van der Waals surface area contributed by atoms with Gasteiger partial charge in [0.25, 0.3) is 0 Å². The molecular weight excluding hydrogens is 273 g/mol. The van der Waals surface area contributed by atoms with E-state index in [2.05, 4.69) is 0 Å². The van der Waals surface area contributed by atoms with Gasteiger partial charge in [-0.05, 0) is 11.6 Å². The number of benzene rings is 2. The molecule has 0 aliphatic heterocycles. The number of nitro groups is 1. The Bertz CT molecular complexity index is 566. The number of hydrogen-bond acceptors (Lipinski definition) is 4. The molecule has 0 unspecified atom stereocenters. The van der Waals surface area contributed by atoms with Crippen LogP contribution in [0.5, 0.6) is 11.5 Å². The first kappa shape index (κ1) is 16.1. The summed E-state index contributed by atoms with van der Waals surface area (Å²) in [5, 5.41) is 20.1. The van der Waals surface area contributed by atoms with Gasteiger partial charge in [-0.25, -0.2) is 0 Å². The van der Waals surface area contributed by atoms with Gasteiger partial charge in [0.15, 0.2) is 0 Å². The van der Waals surface area contributed by atoms with E-state index in [0.29, 0.717) is 0 Å². The second kappa shape index (κ2) is 7.61. The topological polar surface area (TPSA) is 72.6 Å². The predicted molar refractivity (Wildman–Crippen MR) is 66.6 cm³/mol. The van der Waals surface area contributed by atoms with Crippen molar-refractivity contribution in [3.05, 3.63) is 64.2 Å². The fourth-order valence-corrected chi connectivity index (χ4v) is 1.50. The fourth-order valence-electron chi connectivity index (χ4n) is 1.50. The Kier molecular flexibility index (Phi) is 6.46. The summed E-state index contributed by atoms with van der Waals surface area (Å²) in [5.74, 6) is -0.00693. The second-order valence-electron chi connectivity index (χ2n) is 3.68. The average Bonchev–Trinajstić information content (AvgIpc) is 2.37. The summed E-state index contributed by atoms with van der Waals surface area (Å²) in [7, 11) is 0. The molecule has 0 spiro atoms. The van der Waals surface area contributed by atoms with Gasteiger partial charge < -0.3 is 11.3 Å². The smallest absolute Gasteiger partial charge is 1.00 e. The van der Waals surface area contributed by atoms with Gasteiger partial charge in [-0.2, -0.15) is 0 Å². The van der Waals surface area contributed by atoms with E-state index in [0.717, 1.165) is 5.56 Å². The molecule has 5 nitrogen and oxygen atoms in total. The van der Waals surface area contributed by atoms with Crippen LogP contribution in [0.15, 0.2) is 48.5 Å². The van der Waals surface area contributed by atoms with Crippen LogP contribution in [0, 0.1) is 10.1 Å². The summed E-state index contributed by atoms with van der Waals surface area (Å²) < 4.78 is 5.36. The molecular formula is C13H12KNO4. The quantitative estimate of drug-likeness (QED) is 0.487. The normalized spacial score (nSPS) is 9.47. The van der Waals surface area contributed by atoms with E-state index < -0.39 is 4.92 Å². The zero-order valence-corrected chi connectivity index (χ0v) is 13.6. The minimum Gasteiger partial charge on any atom is -1.00 e. The monoisotopic (exact) mass is 285 g/mol. The van der Waals surface area contributed by atoms with Gasteiger partial charge in [0.2, 0.25) is 5.75 Å². The van der Waals surface area contributed by atoms with Crippen molar-refractivity contribution in [2.45, 2.75) is 6.61 Å². The van der Waals surface area contributed by atoms with Crippen molar-refractivity contribution < 1.29 is 67.6 Å². The van der Waals surface area contributed by atoms with Crippen LogP contribution < -0.4 is 56.1 Å². The van der Waals surface area contributed by atoms with Crippen molar-refractivity contribution in [2.75, 3.05) is 0 Å². The number of phenolic OH excluding ortho intramolecular Hbond substituents is 1. The molecule has 1 N–H and O–H groups in total. The largest absolute Gasteiger partial charge is 1.00 e. The van der Waals surface area contributed by atoms with E-state index in [1.165, 1.54) is 18.2 Å². The second-order valence-corrected chi connectivity index (χ2v) is 3.68. The van der Waals surface area contributed by atoms with Gasteiger partial charge in [0.05, 0.1) is 4.92 Å². The van der Waals surface area contributed by atoms with Crippen molar-refractivity contribution in [3.8, 4) is 11.5 Å². The number of ether oxygens (including phenoxy) is 1. The van der Waals surface area contributed by atoms with Crippen LogP contribution >= 0.6 is 0 Å². The minimum atomic E-state index is -0.542. The molecule has 94 valence electrons. The van der Waals surface area contributed by atoms with Gasteiger partial charge in [-0.3, -0.25) is 10.1 Å². The van der Waals surface area contributed by atoms with Crippen LogP contribution in [0.1, 0.15) is 6.99 Å². The minimum absolute atomic E-state index is 0. The SMILES string of the molecule is O=[N+]([O-])c1ccc(O)cc1OCc1ccccc1.[H-].[K+]. The maximum Gasteiger partial charge on any atom is 1.00 e. The summed E-state index contributed by atoms with van der Waals surface area (Å²) in [6.07, 6.45) is 0. The standard InChI is InChI=1S/C13H11NO4.K.H/c15-11-6-7-12(14(16)17)13(8-11)18-9-10-4-2-1-3-5-10;;/h1-8,15H,9H2;;/q;+1;-1. The maximum atomic E-state index is 10.8. The van der Waals surface area contributed by atoms with E-state index in [-0.39, 0.29) is 76.6 Å². The molecule has 2 aromatic carbocycles. The third-order valence-electron chi connectivity index (χ3n) is 2.38. The Morgan fingerprint density at radius 1 is 1.21 bits per heavy atom. The molecule has 0 saturated carbocycles. The van der Waals surface area contributed by atoms with E-state index >= 15 is 0 Å². The summed E-state index contributed by atoms with van der Waals surface area (Å²) in [6.45, 7) is 0.213. The van der Waals surface area contributed by atoms with E-state index in [4.69, 9.17) is 4.74 Å². The van der Waals surface area contributed by atoms with Crippen LogP contribution in [-0.4, -0.2) is 10.0 Å². The third-order valence-corrected chi connectivity index (χ3v) is 2.38. The molecule has 0 radical (unpaired) electrons. The van der Waals surface area contributed by atoms with Gasteiger partial charge >= 0.3 is 57.1 Å². The van der Waals surface area contributed by atoms with Gasteiger partial charge in [-0.15, -0.1) is 0 Å². The number of rotatable bonds is 4. The maximum absolute atomic E-state index is 10.8. The average molecular weight is 285 g/mol. The van der Waals surface area contributed by atoms with Crippen LogP contribution in [-0.2, 0) is 6.61 Å². The first-order chi connectivity index (χ1) is 8.66. The molecule has 0 aliphatic rings. The zero-order chi connectivity index (χ0) is 13.0. The van der Waals surface area contributed by atoms with Crippen molar-refractivity contribution in [1.29, 1.82) is 0 Å². The van der Waals surface area contributed by atoms with Crippen molar-refractivity contribution in [2.24, 2.45) is 0 Å². The first-order valence-electron chi connectivity index (χ1n) is 5.31. The van der Waals surface area contributed by atoms with Gasteiger partial charge in [0.1, 0.15) is 12.4 Å². The number of phenols is 1. The molecule has 0 fully saturated rings. The molecule has 2 aromatic rings. The summed E-state index contributed by atoms with van der Waals surface area (Å²) in [6, 6.07) is 13.0. The number of nitro benzene ring substituents is 1. The first-order valence-corrected chi connectivity index (χ1v) is 5.31. The molecule has 19 heavy (non-hydrogen) atoms. The molecule has 0 atom stereocenters. The van der Waals surface area contributed by atoms with Crippen molar-refractivity contribution >= 4 is 5.69 Å². The molecule has 0 aromatic heterocycles. The van der Waals surface area contributed by atoms with E-state index in [1.54, 1.807) is 0 Å². The Hall–Kier alpha value is -0.924. The molecule has 0 aliphatic carbocycles. The van der Waals surface area contributed by atoms with Crippen molar-refractivity contribution in [1.82, 2.24) is 0 Å². The zero-order valence-electron chi connectivity index (χ0n) is 11.4. The molecule has 2 rings (SSSR count). The molecule has 0 heterocycles. The van der Waals surface area contributed by atoms with Gasteiger partial charge in [0, 0.05) is 12.1 Å². The predicted octanol–water partition coefficient (Wildman–Crippen LogP) is -0.00410. The van der Waals surface area contributed by atoms with Crippen LogP contribution in [0.3, 0.4) is 0 Å². The van der Waals surface area contributed by atoms with Crippen molar-refractivity contribution in [3.63, 3.8) is 0 Å². The number of hydrogen-bond donors (Lipinski definition) is 1. The Balaban J connectivity index is 0.00000180. The summed E-state index contributed by atoms with van der Waals surface area (Å²) >= 11 is 0. The number of aromatic hydroxyl groups is 1. The van der Waals surface area contributed by atoms with E-state index in [1.807, 2.05) is 30.3 Å². The van der Waals surface area contributed by atoms with Gasteiger partial charge in [-0.1, -0.05) is 30.3 Å². The summed E-state index contributed by atoms with van der Waals surface area (Å²) in [5.41, 5.74) is 0.735. The molecule has 6 heteroatoms. The van der Waals surface area contributed by atoms with Crippen LogP contribution in [0.2, 0.25) is 0 Å². The Labute approximate surface area is 154 Å². The van der Waals surface area contributed by atoms with Crippen LogP contribution in [0.25, 0.3) is 0 Å². The molecule has 0 bridgehead atoms. The Morgan fingerprint density at radius 3 is 2.53 bits per heavy atom. The Morgan fingerprint density at radius 2 is 1.89 bits per heavy atom. The molecule has 0 amide bonds.